The van der Waals surface area contributed by atoms with Crippen molar-refractivity contribution in [3.8, 4) is 0 Å². The van der Waals surface area contributed by atoms with Crippen LogP contribution in [0.2, 0.25) is 5.02 Å². The predicted octanol–water partition coefficient (Wildman–Crippen LogP) is 4.77. The first kappa shape index (κ1) is 23.0. The lowest BCUT2D eigenvalue weighted by Crippen LogP contribution is -2.50. The molecular formula is C24H31ClN2O2. The summed E-state index contributed by atoms with van der Waals surface area (Å²) in [6, 6.07) is 14.8. The summed E-state index contributed by atoms with van der Waals surface area (Å²) in [6.07, 6.45) is 0.761. The molecule has 0 saturated heterocycles. The number of amides is 2. The fourth-order valence-electron chi connectivity index (χ4n) is 3.16. The van der Waals surface area contributed by atoms with Gasteiger partial charge in [-0.15, -0.1) is 0 Å². The van der Waals surface area contributed by atoms with Gasteiger partial charge in [0, 0.05) is 18.1 Å². The number of hydrogen-bond acceptors (Lipinski definition) is 2. The summed E-state index contributed by atoms with van der Waals surface area (Å²) >= 11 is 6.07. The third kappa shape index (κ3) is 7.21. The highest BCUT2D eigenvalue weighted by Crippen LogP contribution is 2.17. The molecule has 0 radical (unpaired) electrons. The zero-order valence-corrected chi connectivity index (χ0v) is 18.5. The van der Waals surface area contributed by atoms with Crippen molar-refractivity contribution in [2.45, 2.75) is 53.1 Å². The van der Waals surface area contributed by atoms with E-state index in [9.17, 15) is 9.59 Å². The molecule has 5 heteroatoms. The molecule has 0 aliphatic rings. The molecule has 1 N–H and O–H groups in total. The summed E-state index contributed by atoms with van der Waals surface area (Å²) < 4.78 is 0. The molecule has 1 atom stereocenters. The van der Waals surface area contributed by atoms with Crippen molar-refractivity contribution in [2.75, 3.05) is 6.54 Å². The molecule has 0 bridgehead atoms. The quantitative estimate of drug-likeness (QED) is 0.642. The maximum Gasteiger partial charge on any atom is 0.242 e. The molecule has 0 aromatic heterocycles. The fourth-order valence-corrected chi connectivity index (χ4v) is 3.37. The molecule has 0 aliphatic carbocycles. The monoisotopic (exact) mass is 414 g/mol. The minimum Gasteiger partial charge on any atom is -0.354 e. The van der Waals surface area contributed by atoms with Crippen molar-refractivity contribution < 1.29 is 9.59 Å². The largest absolute Gasteiger partial charge is 0.354 e. The molecule has 0 saturated carbocycles. The van der Waals surface area contributed by atoms with Gasteiger partial charge in [-0.3, -0.25) is 9.59 Å². The van der Waals surface area contributed by atoms with Crippen LogP contribution in [0.1, 0.15) is 43.9 Å². The Morgan fingerprint density at radius 1 is 1.07 bits per heavy atom. The Kier molecular flexibility index (Phi) is 8.71. The van der Waals surface area contributed by atoms with Crippen LogP contribution < -0.4 is 5.32 Å². The van der Waals surface area contributed by atoms with Gasteiger partial charge in [0.05, 0.1) is 6.42 Å². The van der Waals surface area contributed by atoms with Gasteiger partial charge in [0.1, 0.15) is 6.04 Å². The van der Waals surface area contributed by atoms with Crippen LogP contribution in [0.25, 0.3) is 0 Å². The van der Waals surface area contributed by atoms with Gasteiger partial charge in [0.25, 0.3) is 0 Å². The van der Waals surface area contributed by atoms with Gasteiger partial charge in [-0.05, 0) is 42.5 Å². The van der Waals surface area contributed by atoms with Gasteiger partial charge in [-0.2, -0.15) is 0 Å². The topological polar surface area (TPSA) is 49.4 Å². The van der Waals surface area contributed by atoms with E-state index in [0.717, 1.165) is 16.7 Å². The lowest BCUT2D eigenvalue weighted by atomic mass is 10.1. The van der Waals surface area contributed by atoms with E-state index in [4.69, 9.17) is 11.6 Å². The van der Waals surface area contributed by atoms with Crippen LogP contribution in [0.5, 0.6) is 0 Å². The van der Waals surface area contributed by atoms with Crippen LogP contribution >= 0.6 is 11.6 Å². The first-order valence-corrected chi connectivity index (χ1v) is 10.5. The summed E-state index contributed by atoms with van der Waals surface area (Å²) in [4.78, 5) is 27.8. The number of carbonyl (C=O) groups is 2. The maximum absolute atomic E-state index is 13.2. The van der Waals surface area contributed by atoms with E-state index in [1.54, 1.807) is 17.0 Å². The molecule has 0 unspecified atom stereocenters. The minimum atomic E-state index is -0.512. The normalized spacial score (nSPS) is 11.9. The predicted molar refractivity (Wildman–Crippen MR) is 119 cm³/mol. The molecule has 2 aromatic rings. The first-order valence-electron chi connectivity index (χ1n) is 10.2. The molecule has 156 valence electrons. The van der Waals surface area contributed by atoms with Gasteiger partial charge in [0.15, 0.2) is 0 Å². The number of nitrogens with zero attached hydrogens (tertiary/aromatic N) is 1. The Morgan fingerprint density at radius 3 is 2.34 bits per heavy atom. The molecule has 0 fully saturated rings. The van der Waals surface area contributed by atoms with Gasteiger partial charge >= 0.3 is 0 Å². The smallest absolute Gasteiger partial charge is 0.242 e. The van der Waals surface area contributed by atoms with E-state index in [-0.39, 0.29) is 18.2 Å². The summed E-state index contributed by atoms with van der Waals surface area (Å²) in [5.41, 5.74) is 3.01. The van der Waals surface area contributed by atoms with E-state index in [0.29, 0.717) is 30.5 Å². The van der Waals surface area contributed by atoms with E-state index < -0.39 is 6.04 Å². The first-order chi connectivity index (χ1) is 13.8. The molecular weight excluding hydrogens is 384 g/mol. The van der Waals surface area contributed by atoms with Gasteiger partial charge in [-0.1, -0.05) is 74.3 Å². The molecule has 0 spiro atoms. The van der Waals surface area contributed by atoms with Crippen LogP contribution in [-0.4, -0.2) is 29.3 Å². The fraction of sp³-hybridized carbons (Fsp3) is 0.417. The minimum absolute atomic E-state index is 0.0839. The van der Waals surface area contributed by atoms with Crippen molar-refractivity contribution in [3.05, 3.63) is 70.2 Å². The molecule has 29 heavy (non-hydrogen) atoms. The Morgan fingerprint density at radius 2 is 1.76 bits per heavy atom. The highest BCUT2D eigenvalue weighted by atomic mass is 35.5. The Balaban J connectivity index is 2.25. The number of hydrogen-bond donors (Lipinski definition) is 1. The highest BCUT2D eigenvalue weighted by Gasteiger charge is 2.28. The molecule has 2 amide bonds. The molecule has 0 heterocycles. The lowest BCUT2D eigenvalue weighted by Gasteiger charge is -2.31. The van der Waals surface area contributed by atoms with Crippen molar-refractivity contribution in [1.29, 1.82) is 0 Å². The van der Waals surface area contributed by atoms with E-state index in [2.05, 4.69) is 19.2 Å². The summed E-state index contributed by atoms with van der Waals surface area (Å²) in [7, 11) is 0. The molecule has 4 nitrogen and oxygen atoms in total. The highest BCUT2D eigenvalue weighted by molar-refractivity contribution is 6.30. The third-order valence-corrected chi connectivity index (χ3v) is 5.02. The average Bonchev–Trinajstić information content (AvgIpc) is 2.67. The SMILES string of the molecule is CC[C@H](C(=O)NCC(C)C)N(Cc1ccc(C)cc1)C(=O)Cc1cccc(Cl)c1. The Hall–Kier alpha value is -2.33. The van der Waals surface area contributed by atoms with Gasteiger partial charge < -0.3 is 10.2 Å². The average molecular weight is 415 g/mol. The number of aryl methyl sites for hydroxylation is 1. The van der Waals surface area contributed by atoms with E-state index in [1.807, 2.05) is 50.2 Å². The number of nitrogens with one attached hydrogen (secondary N) is 1. The number of benzene rings is 2. The number of halogens is 1. The van der Waals surface area contributed by atoms with Crippen LogP contribution in [0, 0.1) is 12.8 Å². The van der Waals surface area contributed by atoms with Crippen LogP contribution in [0.3, 0.4) is 0 Å². The third-order valence-electron chi connectivity index (χ3n) is 4.79. The maximum atomic E-state index is 13.2. The van der Waals surface area contributed by atoms with Crippen molar-refractivity contribution in [2.24, 2.45) is 5.92 Å². The second kappa shape index (κ2) is 11.0. The summed E-state index contributed by atoms with van der Waals surface area (Å²) in [5, 5.41) is 3.58. The van der Waals surface area contributed by atoms with Crippen LogP contribution in [0.15, 0.2) is 48.5 Å². The zero-order chi connectivity index (χ0) is 21.4. The summed E-state index contributed by atoms with van der Waals surface area (Å²) in [6.45, 7) is 9.06. The summed E-state index contributed by atoms with van der Waals surface area (Å²) in [5.74, 6) is 0.163. The Bertz CT molecular complexity index is 818. The Labute approximate surface area is 179 Å². The molecule has 2 aromatic carbocycles. The standard InChI is InChI=1S/C24H31ClN2O2/c1-5-22(24(29)26-15-17(2)3)27(16-19-11-9-18(4)10-12-19)23(28)14-20-7-6-8-21(25)13-20/h6-13,17,22H,5,14-16H2,1-4H3,(H,26,29)/t22-/m1/s1. The number of carbonyl (C=O) groups excluding carboxylic acids is 2. The van der Waals surface area contributed by atoms with Crippen LogP contribution in [-0.2, 0) is 22.6 Å². The molecule has 2 rings (SSSR count). The lowest BCUT2D eigenvalue weighted by molar-refractivity contribution is -0.141. The van der Waals surface area contributed by atoms with Crippen molar-refractivity contribution in [3.63, 3.8) is 0 Å². The van der Waals surface area contributed by atoms with E-state index >= 15 is 0 Å². The van der Waals surface area contributed by atoms with Crippen molar-refractivity contribution in [1.82, 2.24) is 10.2 Å². The second-order valence-corrected chi connectivity index (χ2v) is 8.31. The van der Waals surface area contributed by atoms with Gasteiger partial charge in [0.2, 0.25) is 11.8 Å². The van der Waals surface area contributed by atoms with Crippen molar-refractivity contribution >= 4 is 23.4 Å². The van der Waals surface area contributed by atoms with Gasteiger partial charge in [-0.25, -0.2) is 0 Å². The molecule has 0 aliphatic heterocycles. The van der Waals surface area contributed by atoms with Crippen LogP contribution in [0.4, 0.5) is 0 Å². The van der Waals surface area contributed by atoms with E-state index in [1.165, 1.54) is 0 Å². The second-order valence-electron chi connectivity index (χ2n) is 7.88. The zero-order valence-electron chi connectivity index (χ0n) is 17.7. The number of rotatable bonds is 9.